The van der Waals surface area contributed by atoms with Gasteiger partial charge in [0.25, 0.3) is 5.91 Å². The smallest absolute Gasteiger partial charge is 0.370 e. The van der Waals surface area contributed by atoms with Crippen molar-refractivity contribution >= 4 is 5.91 Å². The van der Waals surface area contributed by atoms with E-state index < -0.39 is 31.2 Å². The number of rotatable bonds is 5. The van der Waals surface area contributed by atoms with Crippen LogP contribution in [0.25, 0.3) is 0 Å². The molecule has 4 nitrogen and oxygen atoms in total. The van der Waals surface area contributed by atoms with E-state index in [0.29, 0.717) is 5.56 Å². The van der Waals surface area contributed by atoms with Gasteiger partial charge >= 0.3 is 12.1 Å². The van der Waals surface area contributed by atoms with Gasteiger partial charge in [-0.25, -0.2) is 5.84 Å². The third-order valence-electron chi connectivity index (χ3n) is 2.31. The van der Waals surface area contributed by atoms with Crippen LogP contribution in [0, 0.1) is 0 Å². The summed E-state index contributed by atoms with van der Waals surface area (Å²) in [5.74, 6) is -0.554. The first-order valence-corrected chi connectivity index (χ1v) is 5.29. The van der Waals surface area contributed by atoms with E-state index in [2.05, 4.69) is 4.74 Å². The highest BCUT2D eigenvalue weighted by atomic mass is 19.4. The summed E-state index contributed by atoms with van der Waals surface area (Å²) in [5.41, 5.74) is 2.45. The zero-order chi connectivity index (χ0) is 15.4. The van der Waals surface area contributed by atoms with Gasteiger partial charge in [-0.2, -0.15) is 22.0 Å². The fourth-order valence-corrected chi connectivity index (χ4v) is 1.21. The maximum atomic E-state index is 12.5. The molecule has 0 aromatic heterocycles. The molecule has 1 aromatic rings. The summed E-state index contributed by atoms with van der Waals surface area (Å²) >= 11 is 0. The van der Waals surface area contributed by atoms with E-state index in [9.17, 15) is 26.7 Å². The van der Waals surface area contributed by atoms with E-state index in [1.54, 1.807) is 0 Å². The van der Waals surface area contributed by atoms with Gasteiger partial charge in [0.15, 0.2) is 0 Å². The molecule has 0 aliphatic heterocycles. The average molecular weight is 298 g/mol. The number of nitrogens with two attached hydrogens (primary N) is 1. The van der Waals surface area contributed by atoms with Crippen LogP contribution in [0.2, 0.25) is 0 Å². The van der Waals surface area contributed by atoms with Crippen LogP contribution in [-0.2, 0) is 11.3 Å². The Labute approximate surface area is 110 Å². The predicted octanol–water partition coefficient (Wildman–Crippen LogP) is 2.00. The molecule has 112 valence electrons. The van der Waals surface area contributed by atoms with Gasteiger partial charge in [-0.1, -0.05) is 12.1 Å². The second-order valence-electron chi connectivity index (χ2n) is 3.87. The molecule has 0 unspecified atom stereocenters. The highest BCUT2D eigenvalue weighted by Gasteiger charge is 2.57. The summed E-state index contributed by atoms with van der Waals surface area (Å²) in [4.78, 5) is 11.1. The average Bonchev–Trinajstić information content (AvgIpc) is 2.37. The first-order chi connectivity index (χ1) is 9.17. The van der Waals surface area contributed by atoms with E-state index in [4.69, 9.17) is 5.84 Å². The fourth-order valence-electron chi connectivity index (χ4n) is 1.21. The summed E-state index contributed by atoms with van der Waals surface area (Å²) in [7, 11) is 0. The number of hydrazine groups is 1. The van der Waals surface area contributed by atoms with E-state index in [1.807, 2.05) is 5.43 Å². The second-order valence-corrected chi connectivity index (χ2v) is 3.87. The first-order valence-electron chi connectivity index (χ1n) is 5.29. The Bertz CT molecular complexity index is 459. The van der Waals surface area contributed by atoms with Crippen LogP contribution in [0.3, 0.4) is 0 Å². The van der Waals surface area contributed by atoms with Crippen LogP contribution in [0.1, 0.15) is 15.9 Å². The molecule has 0 heterocycles. The second kappa shape index (κ2) is 6.14. The van der Waals surface area contributed by atoms with Crippen molar-refractivity contribution in [2.75, 3.05) is 6.61 Å². The van der Waals surface area contributed by atoms with Gasteiger partial charge in [0.1, 0.15) is 6.61 Å². The number of benzene rings is 1. The molecule has 0 spiro atoms. The highest BCUT2D eigenvalue weighted by Crippen LogP contribution is 2.35. The van der Waals surface area contributed by atoms with Crippen molar-refractivity contribution in [1.29, 1.82) is 0 Å². The molecule has 3 N–H and O–H groups in total. The summed E-state index contributed by atoms with van der Waals surface area (Å²) in [5, 5.41) is 0. The minimum Gasteiger partial charge on any atom is -0.370 e. The molecule has 0 atom stereocenters. The largest absolute Gasteiger partial charge is 0.455 e. The molecule has 1 amide bonds. The monoisotopic (exact) mass is 298 g/mol. The van der Waals surface area contributed by atoms with Gasteiger partial charge in [-0.3, -0.25) is 10.2 Å². The topological polar surface area (TPSA) is 64.3 Å². The van der Waals surface area contributed by atoms with Crippen molar-refractivity contribution in [2.45, 2.75) is 18.7 Å². The van der Waals surface area contributed by atoms with Gasteiger partial charge in [0.05, 0.1) is 6.61 Å². The Balaban J connectivity index is 2.53. The minimum atomic E-state index is -5.64. The summed E-state index contributed by atoms with van der Waals surface area (Å²) < 4.78 is 65.0. The Morgan fingerprint density at radius 1 is 1.15 bits per heavy atom. The Morgan fingerprint density at radius 2 is 1.70 bits per heavy atom. The van der Waals surface area contributed by atoms with Crippen molar-refractivity contribution in [3.05, 3.63) is 35.4 Å². The number of nitrogen functional groups attached to an aromatic ring is 1. The third-order valence-corrected chi connectivity index (χ3v) is 2.31. The number of alkyl halides is 5. The molecule has 0 fully saturated rings. The van der Waals surface area contributed by atoms with Crippen LogP contribution >= 0.6 is 0 Å². The first kappa shape index (κ1) is 16.3. The standard InChI is InChI=1S/C11H11F5N2O2/c12-10(13,11(14,15)16)6-20-5-7-1-3-8(4-2-7)9(19)18-17/h1-4H,5-6,17H2,(H,18,19). The predicted molar refractivity (Wildman–Crippen MR) is 58.8 cm³/mol. The van der Waals surface area contributed by atoms with Crippen molar-refractivity contribution in [2.24, 2.45) is 5.84 Å². The van der Waals surface area contributed by atoms with Crippen LogP contribution < -0.4 is 11.3 Å². The summed E-state index contributed by atoms with van der Waals surface area (Å²) in [6.45, 7) is -2.20. The molecule has 0 bridgehead atoms. The van der Waals surface area contributed by atoms with Crippen LogP contribution in [0.15, 0.2) is 24.3 Å². The lowest BCUT2D eigenvalue weighted by atomic mass is 10.1. The van der Waals surface area contributed by atoms with Gasteiger partial charge < -0.3 is 4.74 Å². The number of hydrogen-bond acceptors (Lipinski definition) is 3. The van der Waals surface area contributed by atoms with E-state index in [0.717, 1.165) is 0 Å². The number of amides is 1. The minimum absolute atomic E-state index is 0.219. The third kappa shape index (κ3) is 4.14. The molecule has 0 aliphatic carbocycles. The van der Waals surface area contributed by atoms with Crippen LogP contribution in [-0.4, -0.2) is 24.6 Å². The lowest BCUT2D eigenvalue weighted by Crippen LogP contribution is -2.40. The number of carbonyl (C=O) groups is 1. The van der Waals surface area contributed by atoms with E-state index >= 15 is 0 Å². The van der Waals surface area contributed by atoms with Gasteiger partial charge in [0.2, 0.25) is 0 Å². The molecule has 0 saturated heterocycles. The van der Waals surface area contributed by atoms with Crippen molar-refractivity contribution in [3.63, 3.8) is 0 Å². The molecule has 20 heavy (non-hydrogen) atoms. The SMILES string of the molecule is NNC(=O)c1ccc(COCC(F)(F)C(F)(F)F)cc1. The van der Waals surface area contributed by atoms with Crippen molar-refractivity contribution < 1.29 is 31.5 Å². The number of carbonyl (C=O) groups excluding carboxylic acids is 1. The molecular weight excluding hydrogens is 287 g/mol. The number of hydrogen-bond donors (Lipinski definition) is 2. The van der Waals surface area contributed by atoms with E-state index in [1.165, 1.54) is 24.3 Å². The molecule has 1 aromatic carbocycles. The fraction of sp³-hybridized carbons (Fsp3) is 0.364. The molecule has 0 radical (unpaired) electrons. The number of ether oxygens (including phenoxy) is 1. The van der Waals surface area contributed by atoms with Crippen molar-refractivity contribution in [3.8, 4) is 0 Å². The zero-order valence-corrected chi connectivity index (χ0v) is 10.0. The maximum Gasteiger partial charge on any atom is 0.455 e. The van der Waals surface area contributed by atoms with E-state index in [-0.39, 0.29) is 5.56 Å². The maximum absolute atomic E-state index is 12.5. The zero-order valence-electron chi connectivity index (χ0n) is 10.0. The molecule has 1 rings (SSSR count). The quantitative estimate of drug-likeness (QED) is 0.378. The van der Waals surface area contributed by atoms with Crippen LogP contribution in [0.4, 0.5) is 22.0 Å². The number of nitrogens with one attached hydrogen (secondary N) is 1. The Hall–Kier alpha value is -1.74. The summed E-state index contributed by atoms with van der Waals surface area (Å²) in [6.07, 6.45) is -5.64. The molecular formula is C11H11F5N2O2. The highest BCUT2D eigenvalue weighted by molar-refractivity contribution is 5.93. The van der Waals surface area contributed by atoms with Gasteiger partial charge in [-0.15, -0.1) is 0 Å². The van der Waals surface area contributed by atoms with Gasteiger partial charge in [0, 0.05) is 5.56 Å². The summed E-state index contributed by atoms with van der Waals surface area (Å²) in [6, 6.07) is 5.39. The Kier molecular flexibility index (Phi) is 5.01. The lowest BCUT2D eigenvalue weighted by Gasteiger charge is -2.19. The number of halogens is 5. The molecule has 0 saturated carbocycles. The lowest BCUT2D eigenvalue weighted by molar-refractivity contribution is -0.297. The van der Waals surface area contributed by atoms with Gasteiger partial charge in [-0.05, 0) is 17.7 Å². The normalized spacial score (nSPS) is 12.3. The van der Waals surface area contributed by atoms with Crippen LogP contribution in [0.5, 0.6) is 0 Å². The molecule has 0 aliphatic rings. The molecule has 9 heteroatoms. The van der Waals surface area contributed by atoms with Crippen molar-refractivity contribution in [1.82, 2.24) is 5.43 Å². The Morgan fingerprint density at radius 3 is 2.15 bits per heavy atom.